The summed E-state index contributed by atoms with van der Waals surface area (Å²) in [6.45, 7) is 3.83. The summed E-state index contributed by atoms with van der Waals surface area (Å²) in [6, 6.07) is 5.12. The molecule has 22 heavy (non-hydrogen) atoms. The first kappa shape index (κ1) is 18.8. The number of methoxy groups -OCH3 is 2. The molecule has 1 aromatic rings. The Morgan fingerprint density at radius 2 is 1.86 bits per heavy atom. The van der Waals surface area contributed by atoms with Gasteiger partial charge in [0.15, 0.2) is 0 Å². The van der Waals surface area contributed by atoms with Crippen LogP contribution >= 0.6 is 0 Å². The van der Waals surface area contributed by atoms with E-state index in [2.05, 4.69) is 5.32 Å². The van der Waals surface area contributed by atoms with Gasteiger partial charge in [-0.3, -0.25) is 0 Å². The van der Waals surface area contributed by atoms with Crippen LogP contribution in [0.2, 0.25) is 0 Å². The molecule has 6 heteroatoms. The second-order valence-electron chi connectivity index (χ2n) is 5.01. The van der Waals surface area contributed by atoms with Crippen molar-refractivity contribution in [1.29, 1.82) is 0 Å². The van der Waals surface area contributed by atoms with Crippen LogP contribution in [0.3, 0.4) is 0 Å². The number of hydrogen-bond donors (Lipinski definition) is 2. The van der Waals surface area contributed by atoms with Gasteiger partial charge in [-0.15, -0.1) is 0 Å². The molecule has 1 aromatic carbocycles. The third-order valence-electron chi connectivity index (χ3n) is 3.32. The average Bonchev–Trinajstić information content (AvgIpc) is 2.53. The highest BCUT2D eigenvalue weighted by atomic mass is 19.1. The van der Waals surface area contributed by atoms with Crippen molar-refractivity contribution >= 4 is 5.69 Å². The Balaban J connectivity index is 2.74. The molecule has 5 nitrogen and oxygen atoms in total. The lowest BCUT2D eigenvalue weighted by Crippen LogP contribution is -2.31. The zero-order valence-corrected chi connectivity index (χ0v) is 13.5. The Labute approximate surface area is 132 Å². The number of halogens is 1. The van der Waals surface area contributed by atoms with Crippen LogP contribution in [-0.4, -0.2) is 58.8 Å². The molecule has 126 valence electrons. The molecular weight excluding hydrogens is 287 g/mol. The summed E-state index contributed by atoms with van der Waals surface area (Å²) >= 11 is 0. The first-order valence-corrected chi connectivity index (χ1v) is 7.55. The van der Waals surface area contributed by atoms with Gasteiger partial charge in [0.2, 0.25) is 0 Å². The molecule has 0 saturated carbocycles. The van der Waals surface area contributed by atoms with Crippen LogP contribution in [0, 0.1) is 5.82 Å². The van der Waals surface area contributed by atoms with Crippen molar-refractivity contribution in [2.24, 2.45) is 0 Å². The second-order valence-corrected chi connectivity index (χ2v) is 5.01. The second kappa shape index (κ2) is 11.4. The number of nitrogens with one attached hydrogen (secondary N) is 1. The van der Waals surface area contributed by atoms with Crippen molar-refractivity contribution in [3.8, 4) is 0 Å². The smallest absolute Gasteiger partial charge is 0.146 e. The highest BCUT2D eigenvalue weighted by Gasteiger charge is 2.12. The molecule has 0 aliphatic heterocycles. The molecule has 0 atom stereocenters. The number of rotatable bonds is 12. The van der Waals surface area contributed by atoms with E-state index in [-0.39, 0.29) is 12.4 Å². The molecule has 0 amide bonds. The van der Waals surface area contributed by atoms with Gasteiger partial charge in [-0.2, -0.15) is 0 Å². The first-order valence-electron chi connectivity index (χ1n) is 7.55. The minimum absolute atomic E-state index is 0.170. The monoisotopic (exact) mass is 314 g/mol. The third kappa shape index (κ3) is 6.70. The minimum Gasteiger partial charge on any atom is -0.396 e. The zero-order chi connectivity index (χ0) is 16.2. The molecule has 0 fully saturated rings. The number of aliphatic hydroxyl groups excluding tert-OH is 1. The van der Waals surface area contributed by atoms with Crippen LogP contribution < -0.4 is 10.2 Å². The van der Waals surface area contributed by atoms with E-state index in [0.29, 0.717) is 45.0 Å². The predicted molar refractivity (Wildman–Crippen MR) is 85.8 cm³/mol. The van der Waals surface area contributed by atoms with Crippen molar-refractivity contribution in [2.75, 3.05) is 58.6 Å². The molecule has 0 spiro atoms. The normalized spacial score (nSPS) is 10.9. The Kier molecular flexibility index (Phi) is 9.74. The van der Waals surface area contributed by atoms with Crippen LogP contribution in [-0.2, 0) is 16.0 Å². The fourth-order valence-electron chi connectivity index (χ4n) is 2.10. The molecule has 0 aromatic heterocycles. The Morgan fingerprint density at radius 1 is 1.18 bits per heavy atom. The molecule has 0 bridgehead atoms. The van der Waals surface area contributed by atoms with Gasteiger partial charge >= 0.3 is 0 Å². The van der Waals surface area contributed by atoms with E-state index in [0.717, 1.165) is 12.1 Å². The number of aliphatic hydroxyl groups is 1. The summed E-state index contributed by atoms with van der Waals surface area (Å²) in [4.78, 5) is 1.93. The minimum atomic E-state index is -0.244. The van der Waals surface area contributed by atoms with Gasteiger partial charge in [-0.05, 0) is 30.7 Å². The highest BCUT2D eigenvalue weighted by Crippen LogP contribution is 2.21. The molecule has 0 aliphatic rings. The van der Waals surface area contributed by atoms with E-state index in [1.54, 1.807) is 20.3 Å². The van der Waals surface area contributed by atoms with Crippen LogP contribution in [0.5, 0.6) is 0 Å². The number of benzene rings is 1. The van der Waals surface area contributed by atoms with Crippen LogP contribution in [0.25, 0.3) is 0 Å². The highest BCUT2D eigenvalue weighted by molar-refractivity contribution is 5.50. The molecule has 0 heterocycles. The first-order chi connectivity index (χ1) is 10.7. The Hall–Kier alpha value is -1.21. The van der Waals surface area contributed by atoms with Gasteiger partial charge in [0.25, 0.3) is 0 Å². The predicted octanol–water partition coefficient (Wildman–Crippen LogP) is 1.40. The number of hydrogen-bond acceptors (Lipinski definition) is 5. The van der Waals surface area contributed by atoms with E-state index >= 15 is 0 Å². The van der Waals surface area contributed by atoms with Gasteiger partial charge < -0.3 is 24.8 Å². The summed E-state index contributed by atoms with van der Waals surface area (Å²) < 4.78 is 24.3. The summed E-state index contributed by atoms with van der Waals surface area (Å²) in [5, 5.41) is 12.0. The number of ether oxygens (including phenoxy) is 2. The molecule has 1 rings (SSSR count). The summed E-state index contributed by atoms with van der Waals surface area (Å²) in [5.74, 6) is -0.244. The quantitative estimate of drug-likeness (QED) is 0.571. The van der Waals surface area contributed by atoms with Crippen molar-refractivity contribution < 1.29 is 19.0 Å². The maximum absolute atomic E-state index is 14.1. The summed E-state index contributed by atoms with van der Waals surface area (Å²) in [6.07, 6.45) is 0.710. The van der Waals surface area contributed by atoms with E-state index in [1.807, 2.05) is 11.0 Å². The Bertz CT molecular complexity index is 410. The van der Waals surface area contributed by atoms with Crippen molar-refractivity contribution in [3.63, 3.8) is 0 Å². The lowest BCUT2D eigenvalue weighted by molar-refractivity contribution is 0.190. The van der Waals surface area contributed by atoms with Gasteiger partial charge in [0.05, 0.1) is 18.9 Å². The maximum atomic E-state index is 14.1. The summed E-state index contributed by atoms with van der Waals surface area (Å²) in [7, 11) is 3.26. The zero-order valence-electron chi connectivity index (χ0n) is 13.5. The number of nitrogens with zero attached hydrogens (tertiary/aromatic N) is 1. The Morgan fingerprint density at radius 3 is 2.45 bits per heavy atom. The SMILES string of the molecule is COCCN(CCOC)c1cc(CNCCCO)ccc1F. The van der Waals surface area contributed by atoms with Crippen molar-refractivity contribution in [1.82, 2.24) is 5.32 Å². The fraction of sp³-hybridized carbons (Fsp3) is 0.625. The lowest BCUT2D eigenvalue weighted by atomic mass is 10.1. The van der Waals surface area contributed by atoms with Gasteiger partial charge in [-0.25, -0.2) is 4.39 Å². The summed E-state index contributed by atoms with van der Waals surface area (Å²) in [5.41, 5.74) is 1.57. The van der Waals surface area contributed by atoms with Gasteiger partial charge in [0.1, 0.15) is 5.82 Å². The van der Waals surface area contributed by atoms with Crippen LogP contribution in [0.1, 0.15) is 12.0 Å². The maximum Gasteiger partial charge on any atom is 0.146 e. The topological polar surface area (TPSA) is 54.0 Å². The van der Waals surface area contributed by atoms with Crippen LogP contribution in [0.15, 0.2) is 18.2 Å². The standard InChI is InChI=1S/C16H27FN2O3/c1-21-10-7-19(8-11-22-2)16-12-14(4-5-15(16)17)13-18-6-3-9-20/h4-5,12,18,20H,3,6-11,13H2,1-2H3. The lowest BCUT2D eigenvalue weighted by Gasteiger charge is -2.25. The number of anilines is 1. The molecule has 0 saturated heterocycles. The van der Waals surface area contributed by atoms with Gasteiger partial charge in [0, 0.05) is 40.5 Å². The van der Waals surface area contributed by atoms with E-state index in [1.165, 1.54) is 6.07 Å². The van der Waals surface area contributed by atoms with E-state index in [4.69, 9.17) is 14.6 Å². The fourth-order valence-corrected chi connectivity index (χ4v) is 2.10. The third-order valence-corrected chi connectivity index (χ3v) is 3.32. The van der Waals surface area contributed by atoms with E-state index in [9.17, 15) is 4.39 Å². The average molecular weight is 314 g/mol. The van der Waals surface area contributed by atoms with Crippen molar-refractivity contribution in [2.45, 2.75) is 13.0 Å². The molecule has 0 aliphatic carbocycles. The molecule has 2 N–H and O–H groups in total. The van der Waals surface area contributed by atoms with E-state index < -0.39 is 0 Å². The molecule has 0 unspecified atom stereocenters. The largest absolute Gasteiger partial charge is 0.396 e. The van der Waals surface area contributed by atoms with Gasteiger partial charge in [-0.1, -0.05) is 6.07 Å². The molecule has 0 radical (unpaired) electrons. The molecular formula is C16H27FN2O3. The van der Waals surface area contributed by atoms with Crippen LogP contribution in [0.4, 0.5) is 10.1 Å². The van der Waals surface area contributed by atoms with Crippen molar-refractivity contribution in [3.05, 3.63) is 29.6 Å².